The number of carbonyl (C=O) groups is 1. The summed E-state index contributed by atoms with van der Waals surface area (Å²) in [7, 11) is 0. The molecule has 1 fully saturated rings. The van der Waals surface area contributed by atoms with Gasteiger partial charge in [-0.2, -0.15) is 0 Å². The molecule has 0 aromatic heterocycles. The van der Waals surface area contributed by atoms with E-state index < -0.39 is 0 Å². The Morgan fingerprint density at radius 2 is 2.28 bits per heavy atom. The topological polar surface area (TPSA) is 64.3 Å². The van der Waals surface area contributed by atoms with E-state index in [1.54, 1.807) is 18.2 Å². The molecule has 98 valence electrons. The van der Waals surface area contributed by atoms with Gasteiger partial charge in [-0.15, -0.1) is 0 Å². The number of nitrogens with two attached hydrogens (primary N) is 1. The van der Waals surface area contributed by atoms with Crippen LogP contribution in [0.3, 0.4) is 0 Å². The minimum atomic E-state index is -0.311. The van der Waals surface area contributed by atoms with Gasteiger partial charge in [0.15, 0.2) is 0 Å². The summed E-state index contributed by atoms with van der Waals surface area (Å²) in [6.07, 6.45) is 0.842. The van der Waals surface area contributed by atoms with Crippen LogP contribution < -0.4 is 11.1 Å². The highest BCUT2D eigenvalue weighted by atomic mass is 79.9. The van der Waals surface area contributed by atoms with Crippen LogP contribution in [-0.2, 0) is 4.74 Å². The molecule has 0 saturated carbocycles. The van der Waals surface area contributed by atoms with Crippen molar-refractivity contribution in [2.24, 2.45) is 0 Å². The zero-order valence-corrected chi connectivity index (χ0v) is 12.1. The summed E-state index contributed by atoms with van der Waals surface area (Å²) in [6.45, 7) is 4.66. The summed E-state index contributed by atoms with van der Waals surface area (Å²) < 4.78 is 6.30. The van der Waals surface area contributed by atoms with Crippen LogP contribution in [0.2, 0.25) is 0 Å². The van der Waals surface area contributed by atoms with Gasteiger partial charge in [-0.3, -0.25) is 4.79 Å². The van der Waals surface area contributed by atoms with Crippen molar-refractivity contribution in [2.45, 2.75) is 31.9 Å². The second kappa shape index (κ2) is 4.90. The molecule has 1 aliphatic heterocycles. The number of hydrogen-bond acceptors (Lipinski definition) is 3. The van der Waals surface area contributed by atoms with Crippen LogP contribution in [0.15, 0.2) is 22.7 Å². The quantitative estimate of drug-likeness (QED) is 0.824. The second-order valence-electron chi connectivity index (χ2n) is 4.91. The molecule has 5 heteroatoms. The molecule has 1 heterocycles. The number of nitrogens with one attached hydrogen (secondary N) is 1. The van der Waals surface area contributed by atoms with Crippen molar-refractivity contribution in [3.8, 4) is 0 Å². The van der Waals surface area contributed by atoms with Gasteiger partial charge in [0.25, 0.3) is 5.91 Å². The number of benzene rings is 1. The standard InChI is InChI=1S/C13H17BrN2O2/c1-8-13(2,3-4-18-8)16-12(17)9-5-10(14)7-11(15)6-9/h5-8H,3-4,15H2,1-2H3,(H,16,17). The molecule has 2 rings (SSSR count). The molecule has 4 nitrogen and oxygen atoms in total. The second-order valence-corrected chi connectivity index (χ2v) is 5.82. The Bertz CT molecular complexity index is 458. The Kier molecular flexibility index (Phi) is 3.64. The van der Waals surface area contributed by atoms with E-state index >= 15 is 0 Å². The van der Waals surface area contributed by atoms with Crippen LogP contribution in [0, 0.1) is 0 Å². The third-order valence-corrected chi connectivity index (χ3v) is 3.93. The highest BCUT2D eigenvalue weighted by molar-refractivity contribution is 9.10. The van der Waals surface area contributed by atoms with Gasteiger partial charge in [0.2, 0.25) is 0 Å². The SMILES string of the molecule is CC1OCCC1(C)NC(=O)c1cc(N)cc(Br)c1. The average molecular weight is 313 g/mol. The van der Waals surface area contributed by atoms with Gasteiger partial charge in [-0.1, -0.05) is 15.9 Å². The maximum atomic E-state index is 12.2. The molecule has 2 unspecified atom stereocenters. The fourth-order valence-corrected chi connectivity index (χ4v) is 2.58. The Labute approximate surface area is 115 Å². The van der Waals surface area contributed by atoms with Crippen molar-refractivity contribution in [2.75, 3.05) is 12.3 Å². The van der Waals surface area contributed by atoms with Gasteiger partial charge in [0.1, 0.15) is 0 Å². The number of rotatable bonds is 2. The number of anilines is 1. The lowest BCUT2D eigenvalue weighted by Crippen LogP contribution is -2.50. The van der Waals surface area contributed by atoms with E-state index in [1.807, 2.05) is 13.8 Å². The zero-order valence-electron chi connectivity index (χ0n) is 10.5. The fraction of sp³-hybridized carbons (Fsp3) is 0.462. The molecule has 1 aromatic carbocycles. The van der Waals surface area contributed by atoms with E-state index in [4.69, 9.17) is 10.5 Å². The number of nitrogen functional groups attached to an aromatic ring is 1. The molecule has 1 saturated heterocycles. The van der Waals surface area contributed by atoms with Gasteiger partial charge in [0.05, 0.1) is 11.6 Å². The van der Waals surface area contributed by atoms with E-state index in [9.17, 15) is 4.79 Å². The maximum Gasteiger partial charge on any atom is 0.251 e. The van der Waals surface area contributed by atoms with Crippen LogP contribution in [0.5, 0.6) is 0 Å². The third-order valence-electron chi connectivity index (χ3n) is 3.47. The summed E-state index contributed by atoms with van der Waals surface area (Å²) >= 11 is 3.33. The minimum Gasteiger partial charge on any atom is -0.399 e. The van der Waals surface area contributed by atoms with Crippen molar-refractivity contribution in [3.05, 3.63) is 28.2 Å². The molecule has 18 heavy (non-hydrogen) atoms. The van der Waals surface area contributed by atoms with Gasteiger partial charge < -0.3 is 15.8 Å². The molecule has 3 N–H and O–H groups in total. The first-order valence-electron chi connectivity index (χ1n) is 5.91. The molecule has 1 amide bonds. The van der Waals surface area contributed by atoms with Crippen molar-refractivity contribution < 1.29 is 9.53 Å². The Morgan fingerprint density at radius 3 is 2.83 bits per heavy atom. The molecule has 0 aliphatic carbocycles. The zero-order chi connectivity index (χ0) is 13.3. The lowest BCUT2D eigenvalue weighted by molar-refractivity contribution is 0.0727. The Hall–Kier alpha value is -1.07. The molecule has 0 radical (unpaired) electrons. The average Bonchev–Trinajstić information content (AvgIpc) is 2.57. The van der Waals surface area contributed by atoms with Crippen molar-refractivity contribution in [3.63, 3.8) is 0 Å². The van der Waals surface area contributed by atoms with Gasteiger partial charge >= 0.3 is 0 Å². The van der Waals surface area contributed by atoms with E-state index in [2.05, 4.69) is 21.2 Å². The van der Waals surface area contributed by atoms with Crippen LogP contribution in [-0.4, -0.2) is 24.2 Å². The molecular formula is C13H17BrN2O2. The molecule has 0 spiro atoms. The minimum absolute atomic E-state index is 0.0194. The number of hydrogen-bond donors (Lipinski definition) is 2. The summed E-state index contributed by atoms with van der Waals surface area (Å²) in [5.74, 6) is -0.122. The monoisotopic (exact) mass is 312 g/mol. The Morgan fingerprint density at radius 1 is 1.56 bits per heavy atom. The van der Waals surface area contributed by atoms with Crippen LogP contribution >= 0.6 is 15.9 Å². The van der Waals surface area contributed by atoms with Crippen LogP contribution in [0.25, 0.3) is 0 Å². The lowest BCUT2D eigenvalue weighted by Gasteiger charge is -2.29. The highest BCUT2D eigenvalue weighted by Gasteiger charge is 2.38. The first-order chi connectivity index (χ1) is 8.40. The molecule has 1 aliphatic rings. The predicted octanol–water partition coefficient (Wildman–Crippen LogP) is 2.33. The van der Waals surface area contributed by atoms with E-state index in [1.165, 1.54) is 0 Å². The molecule has 1 aromatic rings. The lowest BCUT2D eigenvalue weighted by atomic mass is 9.94. The van der Waals surface area contributed by atoms with Gasteiger partial charge in [0, 0.05) is 22.3 Å². The summed E-state index contributed by atoms with van der Waals surface area (Å²) in [5.41, 5.74) is 6.54. The molecular weight excluding hydrogens is 296 g/mol. The number of amides is 1. The van der Waals surface area contributed by atoms with Crippen molar-refractivity contribution >= 4 is 27.5 Å². The van der Waals surface area contributed by atoms with E-state index in [0.717, 1.165) is 10.9 Å². The number of ether oxygens (including phenoxy) is 1. The smallest absolute Gasteiger partial charge is 0.251 e. The maximum absolute atomic E-state index is 12.2. The van der Waals surface area contributed by atoms with Crippen molar-refractivity contribution in [1.29, 1.82) is 0 Å². The highest BCUT2D eigenvalue weighted by Crippen LogP contribution is 2.26. The Balaban J connectivity index is 2.17. The first-order valence-corrected chi connectivity index (χ1v) is 6.70. The van der Waals surface area contributed by atoms with Crippen molar-refractivity contribution in [1.82, 2.24) is 5.32 Å². The van der Waals surface area contributed by atoms with Crippen LogP contribution in [0.1, 0.15) is 30.6 Å². The largest absolute Gasteiger partial charge is 0.399 e. The van der Waals surface area contributed by atoms with E-state index in [0.29, 0.717) is 17.9 Å². The summed E-state index contributed by atoms with van der Waals surface area (Å²) in [5, 5.41) is 3.04. The summed E-state index contributed by atoms with van der Waals surface area (Å²) in [4.78, 5) is 12.2. The normalized spacial score (nSPS) is 27.2. The fourth-order valence-electron chi connectivity index (χ4n) is 2.07. The predicted molar refractivity (Wildman–Crippen MR) is 74.5 cm³/mol. The van der Waals surface area contributed by atoms with Gasteiger partial charge in [-0.05, 0) is 38.5 Å². The first kappa shape index (κ1) is 13.4. The third kappa shape index (κ3) is 2.67. The van der Waals surface area contributed by atoms with Gasteiger partial charge in [-0.25, -0.2) is 0 Å². The molecule has 2 atom stereocenters. The molecule has 0 bridgehead atoms. The number of carbonyl (C=O) groups excluding carboxylic acids is 1. The number of halogens is 1. The van der Waals surface area contributed by atoms with Crippen LogP contribution in [0.4, 0.5) is 5.69 Å². The van der Waals surface area contributed by atoms with E-state index in [-0.39, 0.29) is 17.6 Å². The summed E-state index contributed by atoms with van der Waals surface area (Å²) in [6, 6.07) is 5.19.